The minimum atomic E-state index is 0.234. The van der Waals surface area contributed by atoms with Crippen LogP contribution in [0.3, 0.4) is 0 Å². The highest BCUT2D eigenvalue weighted by Gasteiger charge is 2.14. The van der Waals surface area contributed by atoms with Gasteiger partial charge >= 0.3 is 0 Å². The summed E-state index contributed by atoms with van der Waals surface area (Å²) in [6, 6.07) is 0. The highest BCUT2D eigenvalue weighted by molar-refractivity contribution is 7.99. The van der Waals surface area contributed by atoms with E-state index in [0.29, 0.717) is 5.92 Å². The molecule has 0 aromatic carbocycles. The maximum Gasteiger partial charge on any atom is 0.194 e. The summed E-state index contributed by atoms with van der Waals surface area (Å²) in [7, 11) is 0. The monoisotopic (exact) mass is 285 g/mol. The smallest absolute Gasteiger partial charge is 0.194 e. The lowest BCUT2D eigenvalue weighted by Gasteiger charge is -2.07. The fourth-order valence-corrected chi connectivity index (χ4v) is 3.43. The Morgan fingerprint density at radius 2 is 2.44 bits per heavy atom. The summed E-state index contributed by atoms with van der Waals surface area (Å²) in [6.07, 6.45) is 2.07. The van der Waals surface area contributed by atoms with Crippen LogP contribution in [0.5, 0.6) is 0 Å². The van der Waals surface area contributed by atoms with Crippen LogP contribution in [0.15, 0.2) is 16.6 Å². The van der Waals surface area contributed by atoms with E-state index in [0.717, 1.165) is 28.8 Å². The Morgan fingerprint density at radius 1 is 1.61 bits per heavy atom. The molecule has 0 saturated heterocycles. The van der Waals surface area contributed by atoms with E-state index in [1.807, 2.05) is 0 Å². The second kappa shape index (κ2) is 6.56. The molecule has 0 aliphatic carbocycles. The Labute approximate surface area is 115 Å². The first-order valence-corrected chi connectivity index (χ1v) is 8.01. The number of thiazole rings is 1. The van der Waals surface area contributed by atoms with E-state index >= 15 is 0 Å². The molecule has 0 spiro atoms. The fraction of sp³-hybridized carbons (Fsp3) is 0.583. The van der Waals surface area contributed by atoms with Gasteiger partial charge in [-0.1, -0.05) is 13.8 Å². The molecule has 0 aliphatic rings. The van der Waals surface area contributed by atoms with Gasteiger partial charge < -0.3 is 10.4 Å². The molecule has 2 aromatic heterocycles. The van der Waals surface area contributed by atoms with Crippen molar-refractivity contribution >= 4 is 28.1 Å². The van der Waals surface area contributed by atoms with E-state index in [1.54, 1.807) is 23.1 Å². The number of rotatable bonds is 7. The third-order valence-corrected chi connectivity index (χ3v) is 4.78. The highest BCUT2D eigenvalue weighted by Crippen LogP contribution is 2.27. The molecule has 2 N–H and O–H groups in total. The van der Waals surface area contributed by atoms with Crippen LogP contribution < -0.4 is 5.32 Å². The Kier molecular flexibility index (Phi) is 5.05. The second-order valence-electron chi connectivity index (χ2n) is 4.30. The summed E-state index contributed by atoms with van der Waals surface area (Å²) in [6.45, 7) is 6.18. The van der Waals surface area contributed by atoms with Gasteiger partial charge in [-0.05, 0) is 12.5 Å². The lowest BCUT2D eigenvalue weighted by molar-refractivity contribution is 0.250. The van der Waals surface area contributed by atoms with Gasteiger partial charge in [-0.2, -0.15) is 0 Å². The van der Waals surface area contributed by atoms with Crippen LogP contribution in [0.2, 0.25) is 0 Å². The molecule has 18 heavy (non-hydrogen) atoms. The van der Waals surface area contributed by atoms with Gasteiger partial charge in [0.2, 0.25) is 0 Å². The van der Waals surface area contributed by atoms with E-state index in [2.05, 4.69) is 40.1 Å². The molecule has 1 unspecified atom stereocenters. The van der Waals surface area contributed by atoms with Crippen molar-refractivity contribution in [3.8, 4) is 0 Å². The van der Waals surface area contributed by atoms with Gasteiger partial charge in [0.15, 0.2) is 4.96 Å². The van der Waals surface area contributed by atoms with Crippen molar-refractivity contribution in [1.29, 1.82) is 0 Å². The van der Waals surface area contributed by atoms with Crippen molar-refractivity contribution in [2.75, 3.05) is 18.9 Å². The van der Waals surface area contributed by atoms with Crippen molar-refractivity contribution in [2.24, 2.45) is 5.92 Å². The highest BCUT2D eigenvalue weighted by atomic mass is 32.2. The van der Waals surface area contributed by atoms with Gasteiger partial charge in [0.05, 0.1) is 5.69 Å². The molecule has 0 aliphatic heterocycles. The maximum absolute atomic E-state index is 9.07. The summed E-state index contributed by atoms with van der Waals surface area (Å²) in [5, 5.41) is 15.6. The van der Waals surface area contributed by atoms with E-state index in [9.17, 15) is 0 Å². The first kappa shape index (κ1) is 13.9. The van der Waals surface area contributed by atoms with Crippen molar-refractivity contribution in [3.63, 3.8) is 0 Å². The van der Waals surface area contributed by atoms with Crippen LogP contribution in [-0.4, -0.2) is 33.4 Å². The molecule has 4 nitrogen and oxygen atoms in total. The molecule has 0 bridgehead atoms. The van der Waals surface area contributed by atoms with Crippen LogP contribution in [0.1, 0.15) is 19.5 Å². The SMILES string of the molecule is CCNCc1c(SCC(C)CO)nc2sccn12. The fourth-order valence-electron chi connectivity index (χ4n) is 1.61. The van der Waals surface area contributed by atoms with Gasteiger partial charge in [0, 0.05) is 30.5 Å². The maximum atomic E-state index is 9.07. The predicted molar refractivity (Wildman–Crippen MR) is 77.4 cm³/mol. The quantitative estimate of drug-likeness (QED) is 0.766. The molecular weight excluding hydrogens is 266 g/mol. The number of nitrogens with one attached hydrogen (secondary N) is 1. The van der Waals surface area contributed by atoms with E-state index < -0.39 is 0 Å². The number of aliphatic hydroxyl groups is 1. The van der Waals surface area contributed by atoms with Crippen LogP contribution in [-0.2, 0) is 6.54 Å². The van der Waals surface area contributed by atoms with Gasteiger partial charge in [0.25, 0.3) is 0 Å². The lowest BCUT2D eigenvalue weighted by atomic mass is 10.2. The molecule has 100 valence electrons. The van der Waals surface area contributed by atoms with E-state index in [-0.39, 0.29) is 6.61 Å². The van der Waals surface area contributed by atoms with Gasteiger partial charge in [0.1, 0.15) is 5.03 Å². The first-order valence-electron chi connectivity index (χ1n) is 6.15. The zero-order chi connectivity index (χ0) is 13.0. The number of hydrogen-bond acceptors (Lipinski definition) is 5. The topological polar surface area (TPSA) is 49.6 Å². The number of thioether (sulfide) groups is 1. The minimum Gasteiger partial charge on any atom is -0.396 e. The molecule has 6 heteroatoms. The van der Waals surface area contributed by atoms with Crippen LogP contribution in [0.4, 0.5) is 0 Å². The summed E-state index contributed by atoms with van der Waals surface area (Å²) in [5.41, 5.74) is 1.23. The molecule has 0 saturated carbocycles. The number of aliphatic hydroxyl groups excluding tert-OH is 1. The third-order valence-electron chi connectivity index (χ3n) is 2.68. The number of aromatic nitrogens is 2. The standard InChI is InChI=1S/C12H19N3OS2/c1-3-13-6-10-11(18-8-9(2)7-16)14-12-15(10)4-5-17-12/h4-5,9,13,16H,3,6-8H2,1-2H3. The van der Waals surface area contributed by atoms with E-state index in [4.69, 9.17) is 5.11 Å². The van der Waals surface area contributed by atoms with Crippen LogP contribution in [0, 0.1) is 5.92 Å². The lowest BCUT2D eigenvalue weighted by Crippen LogP contribution is -2.14. The molecule has 1 atom stereocenters. The largest absolute Gasteiger partial charge is 0.396 e. The Balaban J connectivity index is 2.16. The van der Waals surface area contributed by atoms with Crippen molar-refractivity contribution in [3.05, 3.63) is 17.3 Å². The average Bonchev–Trinajstić information content (AvgIpc) is 2.94. The number of hydrogen-bond donors (Lipinski definition) is 2. The molecule has 2 aromatic rings. The van der Waals surface area contributed by atoms with Gasteiger partial charge in [-0.15, -0.1) is 23.1 Å². The summed E-state index contributed by atoms with van der Waals surface area (Å²) >= 11 is 3.39. The van der Waals surface area contributed by atoms with Crippen LogP contribution in [0.25, 0.3) is 4.96 Å². The Bertz CT molecular complexity index is 494. The number of fused-ring (bicyclic) bond motifs is 1. The molecule has 0 fully saturated rings. The van der Waals surface area contributed by atoms with Crippen molar-refractivity contribution in [2.45, 2.75) is 25.4 Å². The van der Waals surface area contributed by atoms with Gasteiger partial charge in [-0.25, -0.2) is 4.98 Å². The Morgan fingerprint density at radius 3 is 3.17 bits per heavy atom. The summed E-state index contributed by atoms with van der Waals surface area (Å²) in [5.74, 6) is 1.21. The average molecular weight is 285 g/mol. The third kappa shape index (κ3) is 3.06. The molecule has 2 rings (SSSR count). The van der Waals surface area contributed by atoms with Crippen molar-refractivity contribution in [1.82, 2.24) is 14.7 Å². The summed E-state index contributed by atoms with van der Waals surface area (Å²) in [4.78, 5) is 5.70. The van der Waals surface area contributed by atoms with Crippen molar-refractivity contribution < 1.29 is 5.11 Å². The molecular formula is C12H19N3OS2. The summed E-state index contributed by atoms with van der Waals surface area (Å²) < 4.78 is 2.15. The predicted octanol–water partition coefficient (Wildman–Crippen LogP) is 2.23. The second-order valence-corrected chi connectivity index (χ2v) is 6.18. The number of imidazole rings is 1. The zero-order valence-electron chi connectivity index (χ0n) is 10.7. The molecule has 2 heterocycles. The Hall–Kier alpha value is -0.560. The number of nitrogens with zero attached hydrogens (tertiary/aromatic N) is 2. The first-order chi connectivity index (χ1) is 8.76. The van der Waals surface area contributed by atoms with Crippen LogP contribution >= 0.6 is 23.1 Å². The molecule has 0 amide bonds. The zero-order valence-corrected chi connectivity index (χ0v) is 12.4. The molecule has 0 radical (unpaired) electrons. The normalized spacial score (nSPS) is 13.3. The minimum absolute atomic E-state index is 0.234. The van der Waals surface area contributed by atoms with Gasteiger partial charge in [-0.3, -0.25) is 4.40 Å². The van der Waals surface area contributed by atoms with E-state index in [1.165, 1.54) is 5.69 Å².